The molecule has 0 radical (unpaired) electrons. The summed E-state index contributed by atoms with van der Waals surface area (Å²) in [6, 6.07) is 12.1. The fourth-order valence-corrected chi connectivity index (χ4v) is 1.94. The molecule has 25 heavy (non-hydrogen) atoms. The number of amides is 2. The average molecular weight is 348 g/mol. The zero-order valence-corrected chi connectivity index (χ0v) is 13.8. The Morgan fingerprint density at radius 1 is 0.960 bits per heavy atom. The van der Waals surface area contributed by atoms with Crippen molar-refractivity contribution in [3.63, 3.8) is 0 Å². The van der Waals surface area contributed by atoms with Crippen molar-refractivity contribution in [2.45, 2.75) is 20.5 Å². The normalized spacial score (nSPS) is 10.6. The second kappa shape index (κ2) is 8.23. The summed E-state index contributed by atoms with van der Waals surface area (Å²) >= 11 is 0. The number of ether oxygens (including phenoxy) is 1. The lowest BCUT2D eigenvalue weighted by Gasteiger charge is -2.10. The van der Waals surface area contributed by atoms with Gasteiger partial charge < -0.3 is 15.4 Å². The number of alkyl halides is 2. The van der Waals surface area contributed by atoms with Crippen molar-refractivity contribution >= 4 is 23.2 Å². The van der Waals surface area contributed by atoms with Crippen LogP contribution in [0.25, 0.3) is 0 Å². The maximum atomic E-state index is 12.2. The van der Waals surface area contributed by atoms with E-state index in [1.54, 1.807) is 38.1 Å². The van der Waals surface area contributed by atoms with Crippen LogP contribution in [0.5, 0.6) is 5.75 Å². The molecular weight excluding hydrogens is 330 g/mol. The Balaban J connectivity index is 2.02. The van der Waals surface area contributed by atoms with Crippen LogP contribution in [0.15, 0.2) is 48.5 Å². The number of anilines is 2. The van der Waals surface area contributed by atoms with Crippen molar-refractivity contribution in [3.05, 3.63) is 54.1 Å². The SMILES string of the molecule is CC(C)C(=O)Nc1ccc(NC(=O)c2cccc(OC(F)F)c2)cc1. The van der Waals surface area contributed by atoms with Gasteiger partial charge in [-0.1, -0.05) is 19.9 Å². The molecule has 0 aromatic heterocycles. The van der Waals surface area contributed by atoms with Crippen LogP contribution in [0.3, 0.4) is 0 Å². The van der Waals surface area contributed by atoms with Crippen LogP contribution in [-0.4, -0.2) is 18.4 Å². The number of halogens is 2. The number of carbonyl (C=O) groups is 2. The highest BCUT2D eigenvalue weighted by atomic mass is 19.3. The molecule has 0 heterocycles. The first-order valence-electron chi connectivity index (χ1n) is 7.62. The van der Waals surface area contributed by atoms with Crippen LogP contribution < -0.4 is 15.4 Å². The molecule has 0 saturated heterocycles. The molecule has 2 rings (SSSR count). The molecule has 0 fully saturated rings. The zero-order chi connectivity index (χ0) is 18.4. The summed E-state index contributed by atoms with van der Waals surface area (Å²) in [6.45, 7) is 0.623. The minimum Gasteiger partial charge on any atom is -0.435 e. The summed E-state index contributed by atoms with van der Waals surface area (Å²) in [6.07, 6.45) is 0. The Labute approximate surface area is 144 Å². The maximum Gasteiger partial charge on any atom is 0.387 e. The molecule has 2 amide bonds. The third-order valence-electron chi connectivity index (χ3n) is 3.26. The summed E-state index contributed by atoms with van der Waals surface area (Å²) in [5.41, 5.74) is 1.31. The Morgan fingerprint density at radius 2 is 1.56 bits per heavy atom. The molecule has 132 valence electrons. The standard InChI is InChI=1S/C18H18F2N2O3/c1-11(2)16(23)21-13-6-8-14(9-7-13)22-17(24)12-4-3-5-15(10-12)25-18(19)20/h3-11,18H,1-2H3,(H,21,23)(H,22,24). The molecule has 0 aliphatic heterocycles. The van der Waals surface area contributed by atoms with E-state index < -0.39 is 12.5 Å². The van der Waals surface area contributed by atoms with Gasteiger partial charge in [0, 0.05) is 22.9 Å². The Bertz CT molecular complexity index is 746. The zero-order valence-electron chi connectivity index (χ0n) is 13.8. The molecule has 0 atom stereocenters. The van der Waals surface area contributed by atoms with E-state index in [1.807, 2.05) is 0 Å². The van der Waals surface area contributed by atoms with Gasteiger partial charge in [-0.25, -0.2) is 0 Å². The Kier molecular flexibility index (Phi) is 6.05. The van der Waals surface area contributed by atoms with Crippen LogP contribution in [0.1, 0.15) is 24.2 Å². The van der Waals surface area contributed by atoms with Gasteiger partial charge in [0.05, 0.1) is 0 Å². The molecule has 0 spiro atoms. The lowest BCUT2D eigenvalue weighted by Crippen LogP contribution is -2.17. The quantitative estimate of drug-likeness (QED) is 0.825. The second-order valence-electron chi connectivity index (χ2n) is 5.58. The van der Waals surface area contributed by atoms with Gasteiger partial charge in [0.1, 0.15) is 5.75 Å². The largest absolute Gasteiger partial charge is 0.435 e. The first-order chi connectivity index (χ1) is 11.8. The monoisotopic (exact) mass is 348 g/mol. The highest BCUT2D eigenvalue weighted by molar-refractivity contribution is 6.04. The van der Waals surface area contributed by atoms with E-state index in [4.69, 9.17) is 0 Å². The van der Waals surface area contributed by atoms with Gasteiger partial charge in [0.25, 0.3) is 5.91 Å². The molecular formula is C18H18F2N2O3. The molecule has 7 heteroatoms. The smallest absolute Gasteiger partial charge is 0.387 e. The fraction of sp³-hybridized carbons (Fsp3) is 0.222. The van der Waals surface area contributed by atoms with E-state index in [-0.39, 0.29) is 23.1 Å². The van der Waals surface area contributed by atoms with Crippen LogP contribution in [-0.2, 0) is 4.79 Å². The number of rotatable bonds is 6. The number of carbonyl (C=O) groups excluding carboxylic acids is 2. The predicted molar refractivity (Wildman–Crippen MR) is 90.9 cm³/mol. The van der Waals surface area contributed by atoms with E-state index in [0.29, 0.717) is 11.4 Å². The number of hydrogen-bond donors (Lipinski definition) is 2. The highest BCUT2D eigenvalue weighted by Gasteiger charge is 2.11. The third kappa shape index (κ3) is 5.56. The summed E-state index contributed by atoms with van der Waals surface area (Å²) in [5, 5.41) is 5.39. The van der Waals surface area contributed by atoms with Gasteiger partial charge in [-0.15, -0.1) is 0 Å². The summed E-state index contributed by atoms with van der Waals surface area (Å²) < 4.78 is 28.7. The topological polar surface area (TPSA) is 67.4 Å². The van der Waals surface area contributed by atoms with Crippen LogP contribution in [0, 0.1) is 5.92 Å². The summed E-state index contributed by atoms with van der Waals surface area (Å²) in [7, 11) is 0. The predicted octanol–water partition coefficient (Wildman–Crippen LogP) is 4.13. The number of benzene rings is 2. The van der Waals surface area contributed by atoms with Gasteiger partial charge in [0.2, 0.25) is 5.91 Å². The molecule has 0 bridgehead atoms. The fourth-order valence-electron chi connectivity index (χ4n) is 1.94. The van der Waals surface area contributed by atoms with Gasteiger partial charge in [-0.05, 0) is 42.5 Å². The third-order valence-corrected chi connectivity index (χ3v) is 3.26. The molecule has 2 aromatic rings. The minimum atomic E-state index is -2.95. The molecule has 0 unspecified atom stereocenters. The summed E-state index contributed by atoms with van der Waals surface area (Å²) in [4.78, 5) is 23.8. The van der Waals surface area contributed by atoms with Gasteiger partial charge in [0.15, 0.2) is 0 Å². The van der Waals surface area contributed by atoms with Crippen molar-refractivity contribution in [2.75, 3.05) is 10.6 Å². The lowest BCUT2D eigenvalue weighted by molar-refractivity contribution is -0.118. The first-order valence-corrected chi connectivity index (χ1v) is 7.62. The first kappa shape index (κ1) is 18.4. The lowest BCUT2D eigenvalue weighted by atomic mass is 10.2. The molecule has 2 N–H and O–H groups in total. The van der Waals surface area contributed by atoms with Crippen molar-refractivity contribution in [2.24, 2.45) is 5.92 Å². The van der Waals surface area contributed by atoms with E-state index in [0.717, 1.165) is 0 Å². The molecule has 2 aromatic carbocycles. The molecule has 0 saturated carbocycles. The van der Waals surface area contributed by atoms with Gasteiger partial charge in [-0.2, -0.15) is 8.78 Å². The van der Waals surface area contributed by atoms with E-state index >= 15 is 0 Å². The Morgan fingerprint density at radius 3 is 2.12 bits per heavy atom. The van der Waals surface area contributed by atoms with Crippen molar-refractivity contribution in [1.82, 2.24) is 0 Å². The highest BCUT2D eigenvalue weighted by Crippen LogP contribution is 2.18. The van der Waals surface area contributed by atoms with Crippen molar-refractivity contribution in [1.29, 1.82) is 0 Å². The maximum absolute atomic E-state index is 12.2. The van der Waals surface area contributed by atoms with Crippen LogP contribution in [0.4, 0.5) is 20.2 Å². The van der Waals surface area contributed by atoms with Crippen molar-refractivity contribution < 1.29 is 23.1 Å². The molecule has 0 aliphatic rings. The van der Waals surface area contributed by atoms with E-state index in [9.17, 15) is 18.4 Å². The van der Waals surface area contributed by atoms with E-state index in [2.05, 4.69) is 15.4 Å². The van der Waals surface area contributed by atoms with Gasteiger partial charge >= 0.3 is 6.61 Å². The molecule has 0 aliphatic carbocycles. The van der Waals surface area contributed by atoms with Crippen LogP contribution >= 0.6 is 0 Å². The van der Waals surface area contributed by atoms with Crippen LogP contribution in [0.2, 0.25) is 0 Å². The minimum absolute atomic E-state index is 0.0885. The van der Waals surface area contributed by atoms with E-state index in [1.165, 1.54) is 24.3 Å². The second-order valence-corrected chi connectivity index (χ2v) is 5.58. The summed E-state index contributed by atoms with van der Waals surface area (Å²) in [5.74, 6) is -0.789. The number of nitrogens with one attached hydrogen (secondary N) is 2. The van der Waals surface area contributed by atoms with Gasteiger partial charge in [-0.3, -0.25) is 9.59 Å². The number of hydrogen-bond acceptors (Lipinski definition) is 3. The molecule has 5 nitrogen and oxygen atoms in total. The average Bonchev–Trinajstić information content (AvgIpc) is 2.56. The van der Waals surface area contributed by atoms with Crippen molar-refractivity contribution in [3.8, 4) is 5.75 Å². The Hall–Kier alpha value is -2.96.